The maximum atomic E-state index is 13.0. The molecule has 0 saturated carbocycles. The zero-order valence-corrected chi connectivity index (χ0v) is 18.2. The van der Waals surface area contributed by atoms with Crippen LogP contribution >= 0.6 is 11.3 Å². The number of fused-ring (bicyclic) bond motifs is 2. The maximum Gasteiger partial charge on any atom is 0.413 e. The number of hydrogen-bond acceptors (Lipinski definition) is 7. The van der Waals surface area contributed by atoms with E-state index in [0.717, 1.165) is 15.6 Å². The Bertz CT molecular complexity index is 1260. The summed E-state index contributed by atoms with van der Waals surface area (Å²) in [6.07, 6.45) is -0.548. The fourth-order valence-corrected chi connectivity index (χ4v) is 4.14. The van der Waals surface area contributed by atoms with Crippen molar-refractivity contribution in [1.29, 1.82) is 0 Å². The summed E-state index contributed by atoms with van der Waals surface area (Å²) in [5.74, 6) is -0.0224. The smallest absolute Gasteiger partial charge is 0.413 e. The van der Waals surface area contributed by atoms with Crippen molar-refractivity contribution < 1.29 is 18.7 Å². The number of anilines is 2. The van der Waals surface area contributed by atoms with E-state index in [4.69, 9.17) is 9.15 Å². The van der Waals surface area contributed by atoms with Crippen molar-refractivity contribution in [2.75, 3.05) is 31.3 Å². The lowest BCUT2D eigenvalue weighted by Crippen LogP contribution is -2.17. The average Bonchev–Trinajstić information content (AvgIpc) is 3.28. The van der Waals surface area contributed by atoms with Gasteiger partial charge in [0, 0.05) is 23.2 Å². The molecule has 0 saturated heterocycles. The van der Waals surface area contributed by atoms with Crippen molar-refractivity contribution in [2.45, 2.75) is 13.5 Å². The zero-order valence-electron chi connectivity index (χ0n) is 17.4. The SMILES string of the molecule is CCOC(=O)Nc1nc2ccc(NC(=O)c3oc4ccccc4c3CN(C)C)cc2s1. The van der Waals surface area contributed by atoms with E-state index >= 15 is 0 Å². The predicted molar refractivity (Wildman–Crippen MR) is 122 cm³/mol. The van der Waals surface area contributed by atoms with Crippen LogP contribution in [0.2, 0.25) is 0 Å². The molecule has 2 heterocycles. The van der Waals surface area contributed by atoms with E-state index in [1.807, 2.05) is 49.3 Å². The van der Waals surface area contributed by atoms with Gasteiger partial charge in [0.25, 0.3) is 5.91 Å². The van der Waals surface area contributed by atoms with Crippen molar-refractivity contribution in [1.82, 2.24) is 9.88 Å². The number of para-hydroxylation sites is 1. The van der Waals surface area contributed by atoms with Crippen LogP contribution in [0.3, 0.4) is 0 Å². The minimum Gasteiger partial charge on any atom is -0.451 e. The second kappa shape index (κ2) is 8.75. The Balaban J connectivity index is 1.59. The number of nitrogens with one attached hydrogen (secondary N) is 2. The Labute approximate surface area is 182 Å². The van der Waals surface area contributed by atoms with Gasteiger partial charge < -0.3 is 19.4 Å². The minimum atomic E-state index is -0.548. The summed E-state index contributed by atoms with van der Waals surface area (Å²) in [4.78, 5) is 31.0. The second-order valence-electron chi connectivity index (χ2n) is 7.14. The van der Waals surface area contributed by atoms with Crippen LogP contribution in [0.4, 0.5) is 15.6 Å². The molecule has 2 aromatic heterocycles. The van der Waals surface area contributed by atoms with Crippen molar-refractivity contribution in [3.8, 4) is 0 Å². The van der Waals surface area contributed by atoms with Crippen LogP contribution in [-0.2, 0) is 11.3 Å². The summed E-state index contributed by atoms with van der Waals surface area (Å²) in [5.41, 5.74) is 2.85. The fraction of sp³-hybridized carbons (Fsp3) is 0.227. The molecule has 2 aromatic carbocycles. The van der Waals surface area contributed by atoms with E-state index in [0.29, 0.717) is 34.2 Å². The van der Waals surface area contributed by atoms with Gasteiger partial charge in [-0.15, -0.1) is 0 Å². The van der Waals surface area contributed by atoms with Gasteiger partial charge >= 0.3 is 6.09 Å². The average molecular weight is 439 g/mol. The molecular weight excluding hydrogens is 416 g/mol. The number of amides is 2. The number of rotatable bonds is 6. The van der Waals surface area contributed by atoms with Gasteiger partial charge in [0.2, 0.25) is 0 Å². The lowest BCUT2D eigenvalue weighted by molar-refractivity contribution is 0.0996. The van der Waals surface area contributed by atoms with Crippen LogP contribution in [0.1, 0.15) is 23.0 Å². The number of aromatic nitrogens is 1. The molecule has 0 spiro atoms. The fourth-order valence-electron chi connectivity index (χ4n) is 3.25. The molecular formula is C22H22N4O4S. The molecule has 0 unspecified atom stereocenters. The molecule has 2 N–H and O–H groups in total. The van der Waals surface area contributed by atoms with E-state index in [-0.39, 0.29) is 12.5 Å². The number of benzene rings is 2. The number of carbonyl (C=O) groups is 2. The number of furan rings is 1. The van der Waals surface area contributed by atoms with Crippen LogP contribution in [-0.4, -0.2) is 42.6 Å². The molecule has 2 amide bonds. The minimum absolute atomic E-state index is 0.282. The van der Waals surface area contributed by atoms with E-state index in [2.05, 4.69) is 15.6 Å². The third-order valence-electron chi connectivity index (χ3n) is 4.51. The lowest BCUT2D eigenvalue weighted by atomic mass is 10.1. The number of carbonyl (C=O) groups excluding carboxylic acids is 2. The summed E-state index contributed by atoms with van der Waals surface area (Å²) in [6.45, 7) is 2.60. The molecule has 9 heteroatoms. The van der Waals surface area contributed by atoms with Gasteiger partial charge in [-0.2, -0.15) is 0 Å². The predicted octanol–water partition coefficient (Wildman–Crippen LogP) is 4.92. The quantitative estimate of drug-likeness (QED) is 0.443. The van der Waals surface area contributed by atoms with Crippen LogP contribution < -0.4 is 10.6 Å². The van der Waals surface area contributed by atoms with Crippen molar-refractivity contribution >= 4 is 55.3 Å². The van der Waals surface area contributed by atoms with Gasteiger partial charge in [-0.3, -0.25) is 10.1 Å². The summed E-state index contributed by atoms with van der Waals surface area (Å²) in [5, 5.41) is 6.87. The normalized spacial score (nSPS) is 11.2. The Hall–Kier alpha value is -3.43. The van der Waals surface area contributed by atoms with Gasteiger partial charge in [-0.05, 0) is 45.3 Å². The van der Waals surface area contributed by atoms with Crippen molar-refractivity contribution in [2.24, 2.45) is 0 Å². The standard InChI is InChI=1S/C22H22N4O4S/c1-4-29-22(28)25-21-24-16-10-9-13(11-18(16)31-21)23-20(27)19-15(12-26(2)3)14-7-5-6-8-17(14)30-19/h5-11H,4,12H2,1-3H3,(H,23,27)(H,24,25,28). The number of nitrogens with zero attached hydrogens (tertiary/aromatic N) is 2. The molecule has 31 heavy (non-hydrogen) atoms. The van der Waals surface area contributed by atoms with Gasteiger partial charge in [0.15, 0.2) is 10.9 Å². The van der Waals surface area contributed by atoms with Crippen LogP contribution in [0.25, 0.3) is 21.2 Å². The largest absolute Gasteiger partial charge is 0.451 e. The number of ether oxygens (including phenoxy) is 1. The monoisotopic (exact) mass is 438 g/mol. The third-order valence-corrected chi connectivity index (χ3v) is 5.44. The molecule has 0 fully saturated rings. The second-order valence-corrected chi connectivity index (χ2v) is 8.18. The lowest BCUT2D eigenvalue weighted by Gasteiger charge is -2.10. The summed E-state index contributed by atoms with van der Waals surface area (Å²) in [7, 11) is 3.90. The molecule has 0 aliphatic rings. The molecule has 8 nitrogen and oxygen atoms in total. The van der Waals surface area contributed by atoms with Crippen molar-refractivity contribution in [3.05, 3.63) is 53.8 Å². The van der Waals surface area contributed by atoms with Crippen LogP contribution in [0, 0.1) is 0 Å². The third kappa shape index (κ3) is 4.52. The zero-order chi connectivity index (χ0) is 22.0. The van der Waals surface area contributed by atoms with Gasteiger partial charge in [0.1, 0.15) is 5.58 Å². The highest BCUT2D eigenvalue weighted by Gasteiger charge is 2.21. The van der Waals surface area contributed by atoms with Gasteiger partial charge in [-0.25, -0.2) is 9.78 Å². The molecule has 4 rings (SSSR count). The first kappa shape index (κ1) is 20.8. The summed E-state index contributed by atoms with van der Waals surface area (Å²) >= 11 is 1.30. The van der Waals surface area contributed by atoms with Gasteiger partial charge in [0.05, 0.1) is 16.8 Å². The van der Waals surface area contributed by atoms with Crippen LogP contribution in [0.5, 0.6) is 0 Å². The first-order chi connectivity index (χ1) is 14.9. The highest BCUT2D eigenvalue weighted by molar-refractivity contribution is 7.22. The summed E-state index contributed by atoms with van der Waals surface area (Å²) < 4.78 is 11.6. The topological polar surface area (TPSA) is 96.7 Å². The maximum absolute atomic E-state index is 13.0. The molecule has 0 aliphatic heterocycles. The number of thiazole rings is 1. The Morgan fingerprint density at radius 1 is 1.16 bits per heavy atom. The van der Waals surface area contributed by atoms with Crippen molar-refractivity contribution in [3.63, 3.8) is 0 Å². The Kier molecular flexibility index (Phi) is 5.88. The van der Waals surface area contributed by atoms with E-state index in [1.54, 1.807) is 19.1 Å². The Morgan fingerprint density at radius 2 is 1.97 bits per heavy atom. The van der Waals surface area contributed by atoms with Crippen LogP contribution in [0.15, 0.2) is 46.9 Å². The molecule has 4 aromatic rings. The van der Waals surface area contributed by atoms with E-state index < -0.39 is 6.09 Å². The molecule has 0 radical (unpaired) electrons. The number of hydrogen-bond donors (Lipinski definition) is 2. The van der Waals surface area contributed by atoms with Gasteiger partial charge in [-0.1, -0.05) is 29.5 Å². The van der Waals surface area contributed by atoms with E-state index in [1.165, 1.54) is 11.3 Å². The Morgan fingerprint density at radius 3 is 2.74 bits per heavy atom. The molecule has 0 atom stereocenters. The highest BCUT2D eigenvalue weighted by Crippen LogP contribution is 2.30. The highest BCUT2D eigenvalue weighted by atomic mass is 32.1. The first-order valence-corrected chi connectivity index (χ1v) is 10.6. The first-order valence-electron chi connectivity index (χ1n) is 9.75. The van der Waals surface area contributed by atoms with E-state index in [9.17, 15) is 9.59 Å². The molecule has 160 valence electrons. The molecule has 0 bridgehead atoms. The molecule has 0 aliphatic carbocycles. The summed E-state index contributed by atoms with van der Waals surface area (Å²) in [6, 6.07) is 13.0.